The topological polar surface area (TPSA) is 59.4 Å². The highest BCUT2D eigenvalue weighted by atomic mass is 35.5. The number of nitrogens with zero attached hydrogens (tertiary/aromatic N) is 1. The van der Waals surface area contributed by atoms with E-state index in [1.54, 1.807) is 22.9 Å². The maximum Gasteiger partial charge on any atom is 0.182 e. The highest BCUT2D eigenvalue weighted by Crippen LogP contribution is 2.35. The van der Waals surface area contributed by atoms with Crippen molar-refractivity contribution in [2.75, 3.05) is 14.2 Å². The van der Waals surface area contributed by atoms with Gasteiger partial charge in [0.1, 0.15) is 11.5 Å². The number of rotatable bonds is 4. The van der Waals surface area contributed by atoms with Gasteiger partial charge >= 0.3 is 0 Å². The molecule has 1 aromatic heterocycles. The number of aliphatic hydroxyl groups is 1. The van der Waals surface area contributed by atoms with Crippen molar-refractivity contribution < 1.29 is 14.6 Å². The number of benzene rings is 1. The maximum absolute atomic E-state index is 9.35. The number of aliphatic hydroxyl groups excluding tert-OH is 1. The lowest BCUT2D eigenvalue weighted by molar-refractivity contribution is 0.274. The van der Waals surface area contributed by atoms with Crippen LogP contribution in [0.25, 0.3) is 5.69 Å². The van der Waals surface area contributed by atoms with Crippen LogP contribution in [0.4, 0.5) is 0 Å². The first kappa shape index (κ1) is 13.9. The van der Waals surface area contributed by atoms with Gasteiger partial charge in [0.05, 0.1) is 37.2 Å². The predicted octanol–water partition coefficient (Wildman–Crippen LogP) is 2.70. The number of ether oxygens (including phenoxy) is 2. The molecule has 5 nitrogen and oxygen atoms in total. The summed E-state index contributed by atoms with van der Waals surface area (Å²) in [5, 5.41) is 9.79. The van der Waals surface area contributed by atoms with E-state index < -0.39 is 0 Å². The van der Waals surface area contributed by atoms with Gasteiger partial charge < -0.3 is 19.6 Å². The van der Waals surface area contributed by atoms with Gasteiger partial charge in [-0.3, -0.25) is 4.57 Å². The van der Waals surface area contributed by atoms with Crippen LogP contribution in [0.1, 0.15) is 5.69 Å². The van der Waals surface area contributed by atoms with Gasteiger partial charge in [-0.2, -0.15) is 0 Å². The summed E-state index contributed by atoms with van der Waals surface area (Å²) >= 11 is 11.3. The third-order valence-electron chi connectivity index (χ3n) is 2.71. The Bertz CT molecular complexity index is 651. The van der Waals surface area contributed by atoms with Crippen LogP contribution in [0, 0.1) is 4.77 Å². The van der Waals surface area contributed by atoms with Crippen molar-refractivity contribution in [3.8, 4) is 17.2 Å². The summed E-state index contributed by atoms with van der Waals surface area (Å²) in [5.74, 6) is 1.04. The third kappa shape index (κ3) is 2.47. The number of hydrogen-bond donors (Lipinski definition) is 2. The average molecular weight is 301 g/mol. The van der Waals surface area contributed by atoms with Crippen molar-refractivity contribution in [1.82, 2.24) is 9.55 Å². The second kappa shape index (κ2) is 5.64. The highest BCUT2D eigenvalue weighted by molar-refractivity contribution is 7.71. The minimum absolute atomic E-state index is 0.152. The van der Waals surface area contributed by atoms with Gasteiger partial charge in [-0.15, -0.1) is 0 Å². The molecule has 19 heavy (non-hydrogen) atoms. The number of hydrogen-bond acceptors (Lipinski definition) is 4. The van der Waals surface area contributed by atoms with Gasteiger partial charge in [0, 0.05) is 18.3 Å². The molecule has 7 heteroatoms. The van der Waals surface area contributed by atoms with Gasteiger partial charge in [-0.1, -0.05) is 11.6 Å². The van der Waals surface area contributed by atoms with Gasteiger partial charge in [-0.25, -0.2) is 0 Å². The molecular formula is C12H13ClN2O3S. The first-order chi connectivity index (χ1) is 9.12. The number of H-pyrrole nitrogens is 1. The summed E-state index contributed by atoms with van der Waals surface area (Å²) in [7, 11) is 3.07. The molecule has 1 heterocycles. The lowest BCUT2D eigenvalue weighted by atomic mass is 10.2. The molecule has 2 aromatic rings. The average Bonchev–Trinajstić information content (AvgIpc) is 2.79. The van der Waals surface area contributed by atoms with Crippen molar-refractivity contribution >= 4 is 23.8 Å². The van der Waals surface area contributed by atoms with E-state index in [-0.39, 0.29) is 6.61 Å². The third-order valence-corrected chi connectivity index (χ3v) is 3.30. The second-order valence-corrected chi connectivity index (χ2v) is 4.53. The Balaban J connectivity index is 2.73. The zero-order chi connectivity index (χ0) is 14.0. The Morgan fingerprint density at radius 1 is 1.32 bits per heavy atom. The molecular weight excluding hydrogens is 288 g/mol. The number of aromatic amines is 1. The molecule has 0 amide bonds. The van der Waals surface area contributed by atoms with Crippen LogP contribution in [-0.4, -0.2) is 28.9 Å². The first-order valence-electron chi connectivity index (χ1n) is 5.44. The van der Waals surface area contributed by atoms with Crippen LogP contribution in [0.2, 0.25) is 5.02 Å². The van der Waals surface area contributed by atoms with Crippen LogP contribution in [0.15, 0.2) is 18.3 Å². The summed E-state index contributed by atoms with van der Waals surface area (Å²) in [6.07, 6.45) is 1.64. The molecule has 0 spiro atoms. The molecule has 0 radical (unpaired) electrons. The number of halogens is 1. The maximum atomic E-state index is 9.35. The molecule has 0 fully saturated rings. The van der Waals surface area contributed by atoms with E-state index in [2.05, 4.69) is 4.98 Å². The molecule has 0 saturated carbocycles. The lowest BCUT2D eigenvalue weighted by Crippen LogP contribution is -2.03. The zero-order valence-electron chi connectivity index (χ0n) is 10.4. The Labute approximate surface area is 120 Å². The van der Waals surface area contributed by atoms with Gasteiger partial charge in [0.2, 0.25) is 0 Å². The van der Waals surface area contributed by atoms with E-state index >= 15 is 0 Å². The number of aromatic nitrogens is 2. The number of imidazole rings is 1. The molecule has 0 atom stereocenters. The molecule has 0 aliphatic carbocycles. The van der Waals surface area contributed by atoms with Crippen LogP contribution < -0.4 is 9.47 Å². The van der Waals surface area contributed by atoms with Crippen LogP contribution in [0.3, 0.4) is 0 Å². The van der Waals surface area contributed by atoms with Crippen molar-refractivity contribution in [2.24, 2.45) is 0 Å². The monoisotopic (exact) mass is 300 g/mol. The molecule has 0 saturated heterocycles. The highest BCUT2D eigenvalue weighted by Gasteiger charge is 2.14. The van der Waals surface area contributed by atoms with E-state index in [4.69, 9.17) is 33.3 Å². The summed E-state index contributed by atoms with van der Waals surface area (Å²) in [6.45, 7) is -0.152. The molecule has 0 unspecified atom stereocenters. The molecule has 2 rings (SSSR count). The lowest BCUT2D eigenvalue weighted by Gasteiger charge is -2.14. The zero-order valence-corrected chi connectivity index (χ0v) is 12.0. The minimum Gasteiger partial charge on any atom is -0.495 e. The summed E-state index contributed by atoms with van der Waals surface area (Å²) in [6, 6.07) is 3.36. The molecule has 2 N–H and O–H groups in total. The van der Waals surface area contributed by atoms with Crippen molar-refractivity contribution in [1.29, 1.82) is 0 Å². The van der Waals surface area contributed by atoms with E-state index in [9.17, 15) is 5.11 Å². The van der Waals surface area contributed by atoms with Crippen LogP contribution in [0.5, 0.6) is 11.5 Å². The van der Waals surface area contributed by atoms with Gasteiger partial charge in [0.25, 0.3) is 0 Å². The first-order valence-corrected chi connectivity index (χ1v) is 6.23. The molecule has 0 aliphatic heterocycles. The molecule has 0 aliphatic rings. The Morgan fingerprint density at radius 2 is 2.00 bits per heavy atom. The smallest absolute Gasteiger partial charge is 0.182 e. The van der Waals surface area contributed by atoms with E-state index in [0.717, 1.165) is 0 Å². The van der Waals surface area contributed by atoms with E-state index in [0.29, 0.717) is 32.7 Å². The van der Waals surface area contributed by atoms with E-state index in [1.165, 1.54) is 14.2 Å². The van der Waals surface area contributed by atoms with Crippen molar-refractivity contribution in [2.45, 2.75) is 6.61 Å². The number of methoxy groups -OCH3 is 2. The standard InChI is InChI=1S/C12H13ClN2O3S/c1-17-10-4-9(11(18-2)3-8(10)13)15-7(6-16)5-14-12(15)19/h3-5,16H,6H2,1-2H3,(H,14,19). The van der Waals surface area contributed by atoms with Crippen LogP contribution >= 0.6 is 23.8 Å². The summed E-state index contributed by atoms with van der Waals surface area (Å²) in [4.78, 5) is 2.88. The van der Waals surface area contributed by atoms with Crippen LogP contribution in [-0.2, 0) is 6.61 Å². The Morgan fingerprint density at radius 3 is 2.58 bits per heavy atom. The van der Waals surface area contributed by atoms with E-state index in [1.807, 2.05) is 0 Å². The number of nitrogens with one attached hydrogen (secondary N) is 1. The quantitative estimate of drug-likeness (QED) is 0.852. The fraction of sp³-hybridized carbons (Fsp3) is 0.250. The molecule has 0 bridgehead atoms. The summed E-state index contributed by atoms with van der Waals surface area (Å²) in [5.41, 5.74) is 1.27. The summed E-state index contributed by atoms with van der Waals surface area (Å²) < 4.78 is 12.6. The Hall–Kier alpha value is -1.50. The predicted molar refractivity (Wildman–Crippen MR) is 75.0 cm³/mol. The fourth-order valence-electron chi connectivity index (χ4n) is 1.80. The second-order valence-electron chi connectivity index (χ2n) is 3.74. The molecule has 1 aromatic carbocycles. The van der Waals surface area contributed by atoms with Crippen molar-refractivity contribution in [3.05, 3.63) is 33.8 Å². The largest absolute Gasteiger partial charge is 0.495 e. The minimum atomic E-state index is -0.152. The SMILES string of the molecule is COc1cc(-n2c(CO)c[nH]c2=S)c(OC)cc1Cl. The Kier molecular flexibility index (Phi) is 4.14. The molecule has 102 valence electrons. The normalized spacial score (nSPS) is 10.5. The van der Waals surface area contributed by atoms with Crippen molar-refractivity contribution in [3.63, 3.8) is 0 Å². The fourth-order valence-corrected chi connectivity index (χ4v) is 2.31. The van der Waals surface area contributed by atoms with Gasteiger partial charge in [-0.05, 0) is 12.2 Å². The van der Waals surface area contributed by atoms with Gasteiger partial charge in [0.15, 0.2) is 4.77 Å².